The average Bonchev–Trinajstić information content (AvgIpc) is 3.21. The number of hydrogen-bond acceptors (Lipinski definition) is 5. The largest absolute Gasteiger partial charge is 0.458 e. The summed E-state index contributed by atoms with van der Waals surface area (Å²) in [7, 11) is -1.63. The fourth-order valence-corrected chi connectivity index (χ4v) is 5.05. The van der Waals surface area contributed by atoms with Gasteiger partial charge in [0.2, 0.25) is 0 Å². The molecular formula is C24H26ClFN2O5S. The molecule has 1 aliphatic heterocycles. The highest BCUT2D eigenvalue weighted by Gasteiger charge is 2.22. The molecule has 1 amide bonds. The Labute approximate surface area is 204 Å². The van der Waals surface area contributed by atoms with E-state index in [1.165, 1.54) is 6.07 Å². The lowest BCUT2D eigenvalue weighted by Crippen LogP contribution is -2.37. The zero-order valence-electron chi connectivity index (χ0n) is 19.2. The van der Waals surface area contributed by atoms with Gasteiger partial charge in [-0.3, -0.25) is 0 Å². The van der Waals surface area contributed by atoms with Gasteiger partial charge in [0.05, 0.1) is 29.7 Å². The molecule has 1 aliphatic rings. The fraction of sp³-hybridized carbons (Fsp3) is 0.375. The van der Waals surface area contributed by atoms with Crippen LogP contribution in [0.5, 0.6) is 0 Å². The van der Waals surface area contributed by atoms with E-state index in [4.69, 9.17) is 25.5 Å². The second-order valence-electron chi connectivity index (χ2n) is 8.88. The van der Waals surface area contributed by atoms with E-state index in [9.17, 15) is 13.4 Å². The molecule has 34 heavy (non-hydrogen) atoms. The van der Waals surface area contributed by atoms with E-state index < -0.39 is 28.5 Å². The Morgan fingerprint density at radius 3 is 2.62 bits per heavy atom. The first kappa shape index (κ1) is 24.7. The topological polar surface area (TPSA) is 81.0 Å². The molecule has 0 aliphatic carbocycles. The molecule has 1 atom stereocenters. The Morgan fingerprint density at radius 2 is 1.91 bits per heavy atom. The number of furan rings is 1. The molecule has 0 bridgehead atoms. The van der Waals surface area contributed by atoms with Crippen molar-refractivity contribution in [1.29, 1.82) is 0 Å². The number of ether oxygens (including phenoxy) is 2. The van der Waals surface area contributed by atoms with Crippen molar-refractivity contribution in [2.75, 3.05) is 26.3 Å². The summed E-state index contributed by atoms with van der Waals surface area (Å²) in [5.41, 5.74) is 1.28. The third-order valence-electron chi connectivity index (χ3n) is 5.09. The SMILES string of the molecule is CC(C)(C)OC(=O)NCc1cc2cc(-c3ccc(F)c(S(=O)N4CCOCC4)c3)cc(Cl)c2o1. The number of fused-ring (bicyclic) bond motifs is 1. The molecule has 1 fully saturated rings. The van der Waals surface area contributed by atoms with Crippen molar-refractivity contribution in [3.63, 3.8) is 0 Å². The third-order valence-corrected chi connectivity index (χ3v) is 6.89. The average molecular weight is 509 g/mol. The number of amides is 1. The van der Waals surface area contributed by atoms with Crippen LogP contribution in [0.4, 0.5) is 9.18 Å². The Kier molecular flexibility index (Phi) is 7.28. The summed E-state index contributed by atoms with van der Waals surface area (Å²) in [6.07, 6.45) is -0.549. The van der Waals surface area contributed by atoms with Gasteiger partial charge >= 0.3 is 6.09 Å². The second kappa shape index (κ2) is 10.0. The number of carbonyl (C=O) groups is 1. The summed E-state index contributed by atoms with van der Waals surface area (Å²) in [6, 6.07) is 9.87. The predicted molar refractivity (Wildman–Crippen MR) is 128 cm³/mol. The van der Waals surface area contributed by atoms with E-state index in [0.717, 1.165) is 10.9 Å². The Hall–Kier alpha value is -2.46. The predicted octanol–water partition coefficient (Wildman–Crippen LogP) is 5.27. The zero-order valence-corrected chi connectivity index (χ0v) is 20.7. The van der Waals surface area contributed by atoms with Crippen LogP contribution in [-0.2, 0) is 27.0 Å². The van der Waals surface area contributed by atoms with Gasteiger partial charge in [0.15, 0.2) is 5.58 Å². The molecule has 1 unspecified atom stereocenters. The van der Waals surface area contributed by atoms with Gasteiger partial charge in [0, 0.05) is 18.5 Å². The van der Waals surface area contributed by atoms with Gasteiger partial charge in [-0.15, -0.1) is 0 Å². The Bertz CT molecular complexity index is 1230. The van der Waals surface area contributed by atoms with Crippen LogP contribution in [0.25, 0.3) is 22.1 Å². The van der Waals surface area contributed by atoms with Gasteiger partial charge in [-0.2, -0.15) is 0 Å². The first-order valence-corrected chi connectivity index (χ1v) is 12.3. The quantitative estimate of drug-likeness (QED) is 0.507. The van der Waals surface area contributed by atoms with Crippen LogP contribution >= 0.6 is 11.6 Å². The summed E-state index contributed by atoms with van der Waals surface area (Å²) in [5, 5.41) is 3.75. The lowest BCUT2D eigenvalue weighted by molar-refractivity contribution is 0.0520. The molecule has 3 aromatic rings. The van der Waals surface area contributed by atoms with E-state index >= 15 is 0 Å². The molecule has 0 spiro atoms. The minimum Gasteiger partial charge on any atom is -0.458 e. The second-order valence-corrected chi connectivity index (χ2v) is 10.7. The van der Waals surface area contributed by atoms with E-state index in [1.54, 1.807) is 49.3 Å². The van der Waals surface area contributed by atoms with Crippen molar-refractivity contribution in [3.8, 4) is 11.1 Å². The van der Waals surface area contributed by atoms with Crippen LogP contribution < -0.4 is 5.32 Å². The highest BCUT2D eigenvalue weighted by atomic mass is 35.5. The molecular weight excluding hydrogens is 483 g/mol. The molecule has 1 N–H and O–H groups in total. The van der Waals surface area contributed by atoms with E-state index in [0.29, 0.717) is 48.2 Å². The van der Waals surface area contributed by atoms with Crippen LogP contribution in [-0.4, -0.2) is 46.5 Å². The van der Waals surface area contributed by atoms with Crippen LogP contribution in [0.2, 0.25) is 5.02 Å². The molecule has 2 aromatic carbocycles. The summed E-state index contributed by atoms with van der Waals surface area (Å²) in [6.45, 7) is 7.36. The maximum Gasteiger partial charge on any atom is 0.408 e. The molecule has 182 valence electrons. The van der Waals surface area contributed by atoms with Gasteiger partial charge in [-0.05, 0) is 62.2 Å². The number of rotatable bonds is 5. The van der Waals surface area contributed by atoms with Gasteiger partial charge in [-0.25, -0.2) is 17.7 Å². The number of nitrogens with zero attached hydrogens (tertiary/aromatic N) is 1. The normalized spacial score (nSPS) is 15.9. The maximum atomic E-state index is 14.5. The van der Waals surface area contributed by atoms with Gasteiger partial charge < -0.3 is 19.2 Å². The van der Waals surface area contributed by atoms with Crippen molar-refractivity contribution in [1.82, 2.24) is 9.62 Å². The van der Waals surface area contributed by atoms with Crippen molar-refractivity contribution in [3.05, 3.63) is 53.0 Å². The molecule has 10 heteroatoms. The molecule has 0 saturated carbocycles. The lowest BCUT2D eigenvalue weighted by atomic mass is 10.0. The van der Waals surface area contributed by atoms with Crippen molar-refractivity contribution in [2.24, 2.45) is 0 Å². The summed E-state index contributed by atoms with van der Waals surface area (Å²) in [4.78, 5) is 12.0. The van der Waals surface area contributed by atoms with E-state index in [-0.39, 0.29) is 11.4 Å². The number of halogens is 2. The molecule has 1 aromatic heterocycles. The first-order valence-electron chi connectivity index (χ1n) is 10.8. The number of nitrogens with one attached hydrogen (secondary N) is 1. The fourth-order valence-electron chi connectivity index (χ4n) is 3.56. The summed E-state index contributed by atoms with van der Waals surface area (Å²) < 4.78 is 45.5. The molecule has 7 nitrogen and oxygen atoms in total. The van der Waals surface area contributed by atoms with Crippen molar-refractivity contribution < 1.29 is 27.3 Å². The van der Waals surface area contributed by atoms with Crippen molar-refractivity contribution in [2.45, 2.75) is 37.8 Å². The Morgan fingerprint density at radius 1 is 1.18 bits per heavy atom. The number of carbonyl (C=O) groups excluding carboxylic acids is 1. The zero-order chi connectivity index (χ0) is 24.5. The summed E-state index contributed by atoms with van der Waals surface area (Å²) >= 11 is 6.47. The lowest BCUT2D eigenvalue weighted by Gasteiger charge is -2.25. The minimum absolute atomic E-state index is 0.116. The van der Waals surface area contributed by atoms with Gasteiger partial charge in [0.1, 0.15) is 28.2 Å². The monoisotopic (exact) mass is 508 g/mol. The number of benzene rings is 2. The number of alkyl carbamates (subject to hydrolysis) is 1. The molecule has 4 rings (SSSR count). The standard InChI is InChI=1S/C24H26ClFN2O5S/c1-24(2,3)33-23(29)27-14-18-11-17-10-16(12-19(25)22(17)32-18)15-4-5-20(26)21(13-15)34(30)28-6-8-31-9-7-28/h4-5,10-13H,6-9,14H2,1-3H3,(H,27,29). The van der Waals surface area contributed by atoms with Gasteiger partial charge in [-0.1, -0.05) is 17.7 Å². The molecule has 0 radical (unpaired) electrons. The summed E-state index contributed by atoms with van der Waals surface area (Å²) in [5.74, 6) is -0.0207. The van der Waals surface area contributed by atoms with E-state index in [1.807, 2.05) is 6.07 Å². The molecule has 2 heterocycles. The first-order chi connectivity index (χ1) is 16.1. The highest BCUT2D eigenvalue weighted by molar-refractivity contribution is 7.82. The van der Waals surface area contributed by atoms with Gasteiger partial charge in [0.25, 0.3) is 0 Å². The third kappa shape index (κ3) is 5.78. The Balaban J connectivity index is 1.57. The number of morpholine rings is 1. The maximum absolute atomic E-state index is 14.5. The van der Waals surface area contributed by atoms with Crippen molar-refractivity contribution >= 4 is 39.6 Å². The van der Waals surface area contributed by atoms with Crippen LogP contribution in [0.1, 0.15) is 26.5 Å². The van der Waals surface area contributed by atoms with E-state index in [2.05, 4.69) is 5.32 Å². The number of hydrogen-bond donors (Lipinski definition) is 1. The highest BCUT2D eigenvalue weighted by Crippen LogP contribution is 2.34. The van der Waals surface area contributed by atoms with Crippen LogP contribution in [0, 0.1) is 5.82 Å². The molecule has 1 saturated heterocycles. The minimum atomic E-state index is -1.63. The smallest absolute Gasteiger partial charge is 0.408 e. The van der Waals surface area contributed by atoms with Crippen LogP contribution in [0.15, 0.2) is 45.7 Å². The van der Waals surface area contributed by atoms with Crippen LogP contribution in [0.3, 0.4) is 0 Å².